The molecule has 0 aliphatic heterocycles. The largest absolute Gasteiger partial charge is 0.0722 e. The lowest BCUT2D eigenvalue weighted by molar-refractivity contribution is 0.834. The molecule has 2 aliphatic carbocycles. The predicted octanol–water partition coefficient (Wildman–Crippen LogP) is 14.0. The first kappa shape index (κ1) is 33.5. The Labute approximate surface area is 287 Å². The normalized spacial score (nSPS) is 17.5. The summed E-state index contributed by atoms with van der Waals surface area (Å²) in [6, 6.07) is 28.9. The van der Waals surface area contributed by atoms with Gasteiger partial charge in [0.15, 0.2) is 0 Å². The minimum atomic E-state index is -1.97. The molecule has 6 rings (SSSR count). The van der Waals surface area contributed by atoms with Gasteiger partial charge in [-0.25, -0.2) is 0 Å². The van der Waals surface area contributed by atoms with Crippen LogP contribution in [0.4, 0.5) is 0 Å². The Morgan fingerprint density at radius 2 is 0.787 bits per heavy atom. The molecular weight excluding hydrogens is 581 g/mol. The average Bonchev–Trinajstić information content (AvgIpc) is 3.56. The summed E-state index contributed by atoms with van der Waals surface area (Å²) in [6.07, 6.45) is 5.08. The summed E-state index contributed by atoms with van der Waals surface area (Å²) >= 11 is 0. The summed E-state index contributed by atoms with van der Waals surface area (Å²) in [7, 11) is -1.97. The van der Waals surface area contributed by atoms with Gasteiger partial charge in [0.1, 0.15) is 0 Å². The van der Waals surface area contributed by atoms with E-state index in [1.165, 1.54) is 66.8 Å². The molecule has 244 valence electrons. The summed E-state index contributed by atoms with van der Waals surface area (Å²) in [4.78, 5) is 0. The van der Waals surface area contributed by atoms with E-state index < -0.39 is 8.07 Å². The smallest absolute Gasteiger partial charge is 0.0679 e. The van der Waals surface area contributed by atoms with Crippen molar-refractivity contribution in [3.8, 4) is 22.3 Å². The number of fused-ring (bicyclic) bond motifs is 2. The predicted molar refractivity (Wildman–Crippen MR) is 210 cm³/mol. The first-order chi connectivity index (χ1) is 22.2. The van der Waals surface area contributed by atoms with Crippen molar-refractivity contribution in [1.82, 2.24) is 0 Å². The van der Waals surface area contributed by atoms with E-state index in [0.29, 0.717) is 34.8 Å². The molecule has 4 aromatic rings. The fourth-order valence-electron chi connectivity index (χ4n) is 8.75. The highest BCUT2D eigenvalue weighted by Gasteiger charge is 2.47. The van der Waals surface area contributed by atoms with Gasteiger partial charge in [-0.15, -0.1) is 0 Å². The van der Waals surface area contributed by atoms with Crippen molar-refractivity contribution in [2.75, 3.05) is 0 Å². The maximum Gasteiger partial charge on any atom is 0.0722 e. The Kier molecular flexibility index (Phi) is 8.94. The zero-order chi connectivity index (χ0) is 33.9. The molecule has 1 heteroatoms. The van der Waals surface area contributed by atoms with Crippen LogP contribution in [0.3, 0.4) is 0 Å². The lowest BCUT2D eigenvalue weighted by Gasteiger charge is -2.39. The molecule has 0 heterocycles. The van der Waals surface area contributed by atoms with Crippen molar-refractivity contribution in [3.05, 3.63) is 128 Å². The number of rotatable bonds is 8. The SMILES string of the molecule is CC1=Cc2c(-c3cc(C(C)C)cc(C(C)C)c3)cccc2C1[Si](C)(C)C1C(C)=Cc2c(-c3cc(C(C)C)cc(C(C)C)c3)cccc21. The van der Waals surface area contributed by atoms with E-state index in [2.05, 4.69) is 167 Å². The van der Waals surface area contributed by atoms with E-state index in [1.54, 1.807) is 11.1 Å². The fraction of sp³-hybridized carbons (Fsp3) is 0.391. The van der Waals surface area contributed by atoms with Crippen molar-refractivity contribution in [2.24, 2.45) is 0 Å². The minimum Gasteiger partial charge on any atom is -0.0679 e. The van der Waals surface area contributed by atoms with Gasteiger partial charge in [-0.1, -0.05) is 165 Å². The van der Waals surface area contributed by atoms with Crippen LogP contribution in [0.25, 0.3) is 34.4 Å². The van der Waals surface area contributed by atoms with Crippen LogP contribution >= 0.6 is 0 Å². The van der Waals surface area contributed by atoms with Gasteiger partial charge >= 0.3 is 0 Å². The monoisotopic (exact) mass is 636 g/mol. The molecule has 2 atom stereocenters. The molecule has 0 aromatic heterocycles. The van der Waals surface area contributed by atoms with Crippen molar-refractivity contribution in [2.45, 2.75) is 117 Å². The highest BCUT2D eigenvalue weighted by Crippen LogP contribution is 2.54. The van der Waals surface area contributed by atoms with Gasteiger partial charge in [0.2, 0.25) is 0 Å². The third kappa shape index (κ3) is 5.95. The number of hydrogen-bond donors (Lipinski definition) is 0. The second-order valence-electron chi connectivity index (χ2n) is 16.5. The molecule has 0 saturated heterocycles. The molecular formula is C46H56Si. The summed E-state index contributed by atoms with van der Waals surface area (Å²) in [6.45, 7) is 28.7. The van der Waals surface area contributed by atoms with Gasteiger partial charge < -0.3 is 0 Å². The van der Waals surface area contributed by atoms with Gasteiger partial charge in [0.25, 0.3) is 0 Å². The molecule has 0 radical (unpaired) electrons. The highest BCUT2D eigenvalue weighted by molar-refractivity contribution is 6.81. The van der Waals surface area contributed by atoms with E-state index in [0.717, 1.165) is 0 Å². The fourth-order valence-corrected chi connectivity index (χ4v) is 13.7. The standard InChI is InChI=1S/C46H56Si/c1-27(2)33-21-34(28(3)4)24-37(23-33)39-15-13-17-41-43(39)19-31(9)45(41)47(11,12)46-32(10)20-44-40(16-14-18-42(44)46)38-25-35(29(5)6)22-36(26-38)30(7)8/h13-30,45-46H,1-12H3. The molecule has 0 saturated carbocycles. The van der Waals surface area contributed by atoms with Gasteiger partial charge in [-0.2, -0.15) is 0 Å². The average molecular weight is 637 g/mol. The highest BCUT2D eigenvalue weighted by atomic mass is 28.3. The molecule has 0 nitrogen and oxygen atoms in total. The van der Waals surface area contributed by atoms with Crippen molar-refractivity contribution in [1.29, 1.82) is 0 Å². The second kappa shape index (κ2) is 12.6. The van der Waals surface area contributed by atoms with Crippen LogP contribution in [-0.2, 0) is 0 Å². The van der Waals surface area contributed by atoms with Crippen LogP contribution in [-0.4, -0.2) is 8.07 Å². The summed E-state index contributed by atoms with van der Waals surface area (Å²) in [5, 5.41) is 0. The third-order valence-electron chi connectivity index (χ3n) is 11.3. The Hall–Kier alpha value is -3.42. The minimum absolute atomic E-state index is 0.482. The zero-order valence-electron chi connectivity index (χ0n) is 31.0. The number of allylic oxidation sites excluding steroid dienone is 2. The molecule has 47 heavy (non-hydrogen) atoms. The van der Waals surface area contributed by atoms with Gasteiger partial charge in [0.05, 0.1) is 8.07 Å². The summed E-state index contributed by atoms with van der Waals surface area (Å²) < 4.78 is 0. The van der Waals surface area contributed by atoms with Crippen LogP contribution in [0.15, 0.2) is 83.9 Å². The van der Waals surface area contributed by atoms with Crippen LogP contribution in [0, 0.1) is 0 Å². The quantitative estimate of drug-likeness (QED) is 0.169. The Bertz CT molecular complexity index is 1700. The zero-order valence-corrected chi connectivity index (χ0v) is 32.0. The van der Waals surface area contributed by atoms with Crippen LogP contribution < -0.4 is 0 Å². The molecule has 0 spiro atoms. The van der Waals surface area contributed by atoms with E-state index >= 15 is 0 Å². The lowest BCUT2D eigenvalue weighted by Crippen LogP contribution is -2.42. The van der Waals surface area contributed by atoms with E-state index in [4.69, 9.17) is 0 Å². The Morgan fingerprint density at radius 1 is 0.468 bits per heavy atom. The maximum atomic E-state index is 2.66. The second-order valence-corrected chi connectivity index (χ2v) is 21.3. The van der Waals surface area contributed by atoms with Crippen molar-refractivity contribution < 1.29 is 0 Å². The number of hydrogen-bond acceptors (Lipinski definition) is 0. The summed E-state index contributed by atoms with van der Waals surface area (Å²) in [5.74, 6) is 2.03. The molecule has 0 bridgehead atoms. The molecule has 0 N–H and O–H groups in total. The molecule has 2 unspecified atom stereocenters. The molecule has 0 fully saturated rings. The van der Waals surface area contributed by atoms with E-state index in [9.17, 15) is 0 Å². The van der Waals surface area contributed by atoms with Gasteiger partial charge in [-0.05, 0) is 104 Å². The Morgan fingerprint density at radius 3 is 1.09 bits per heavy atom. The molecule has 0 amide bonds. The van der Waals surface area contributed by atoms with Gasteiger partial charge in [-0.3, -0.25) is 0 Å². The first-order valence-corrected chi connectivity index (χ1v) is 21.3. The summed E-state index contributed by atoms with van der Waals surface area (Å²) in [5.41, 5.74) is 21.3. The number of benzene rings is 4. The first-order valence-electron chi connectivity index (χ1n) is 18.1. The van der Waals surface area contributed by atoms with Crippen LogP contribution in [0.5, 0.6) is 0 Å². The Balaban J connectivity index is 1.44. The molecule has 2 aliphatic rings. The van der Waals surface area contributed by atoms with Crippen molar-refractivity contribution in [3.63, 3.8) is 0 Å². The topological polar surface area (TPSA) is 0 Å². The lowest BCUT2D eigenvalue weighted by atomic mass is 9.89. The van der Waals surface area contributed by atoms with Crippen LogP contribution in [0.2, 0.25) is 13.1 Å². The van der Waals surface area contributed by atoms with Crippen molar-refractivity contribution >= 4 is 20.2 Å². The van der Waals surface area contributed by atoms with E-state index in [1.807, 2.05) is 0 Å². The van der Waals surface area contributed by atoms with E-state index in [-0.39, 0.29) is 0 Å². The maximum absolute atomic E-state index is 2.66. The third-order valence-corrected chi connectivity index (χ3v) is 15.8. The van der Waals surface area contributed by atoms with Crippen LogP contribution in [0.1, 0.15) is 148 Å². The van der Waals surface area contributed by atoms with Gasteiger partial charge in [0, 0.05) is 11.1 Å². The molecule has 4 aromatic carbocycles.